The summed E-state index contributed by atoms with van der Waals surface area (Å²) in [6.45, 7) is 2.17. The van der Waals surface area contributed by atoms with Crippen LogP contribution in [-0.4, -0.2) is 37.7 Å². The summed E-state index contributed by atoms with van der Waals surface area (Å²) in [4.78, 5) is 8.47. The molecule has 1 aromatic rings. The van der Waals surface area contributed by atoms with E-state index >= 15 is 0 Å². The lowest BCUT2D eigenvalue weighted by molar-refractivity contribution is 0.197. The Morgan fingerprint density at radius 2 is 2.53 bits per heavy atom. The van der Waals surface area contributed by atoms with Crippen LogP contribution in [0.2, 0.25) is 0 Å². The van der Waals surface area contributed by atoms with Crippen LogP contribution in [-0.2, 0) is 11.2 Å². The van der Waals surface area contributed by atoms with Crippen molar-refractivity contribution >= 4 is 17.3 Å². The molecule has 0 fully saturated rings. The number of nitrogens with two attached hydrogens (primary N) is 1. The van der Waals surface area contributed by atoms with Crippen LogP contribution in [0.15, 0.2) is 16.6 Å². The first-order valence-electron chi connectivity index (χ1n) is 5.49. The van der Waals surface area contributed by atoms with E-state index in [2.05, 4.69) is 20.7 Å². The third-order valence-corrected chi connectivity index (χ3v) is 2.87. The van der Waals surface area contributed by atoms with Gasteiger partial charge in [-0.05, 0) is 6.42 Å². The fraction of sp³-hybridized carbons (Fsp3) is 0.600. The second kappa shape index (κ2) is 8.91. The highest BCUT2D eigenvalue weighted by Gasteiger charge is 1.97. The molecule has 0 aliphatic carbocycles. The van der Waals surface area contributed by atoms with E-state index in [0.29, 0.717) is 19.1 Å². The summed E-state index contributed by atoms with van der Waals surface area (Å²) in [6.07, 6.45) is 3.56. The van der Waals surface area contributed by atoms with Gasteiger partial charge in [-0.25, -0.2) is 10.8 Å². The number of ether oxygens (including phenoxy) is 1. The molecule has 0 aliphatic heterocycles. The number of thiazole rings is 1. The molecule has 4 N–H and O–H groups in total. The highest BCUT2D eigenvalue weighted by atomic mass is 32.1. The summed E-state index contributed by atoms with van der Waals surface area (Å²) in [5, 5.41) is 6.20. The zero-order chi connectivity index (χ0) is 12.3. The van der Waals surface area contributed by atoms with E-state index in [4.69, 9.17) is 10.6 Å². The van der Waals surface area contributed by atoms with E-state index in [1.54, 1.807) is 24.6 Å². The topological polar surface area (TPSA) is 84.6 Å². The second-order valence-electron chi connectivity index (χ2n) is 3.32. The molecule has 7 heteroatoms. The minimum atomic E-state index is 0.609. The predicted molar refractivity (Wildman–Crippen MR) is 69.9 cm³/mol. The molecule has 96 valence electrons. The van der Waals surface area contributed by atoms with Crippen LogP contribution in [0, 0.1) is 0 Å². The molecule has 0 bridgehead atoms. The molecule has 0 saturated carbocycles. The van der Waals surface area contributed by atoms with E-state index < -0.39 is 0 Å². The van der Waals surface area contributed by atoms with Gasteiger partial charge in [0.05, 0.1) is 5.01 Å². The van der Waals surface area contributed by atoms with Gasteiger partial charge < -0.3 is 10.1 Å². The van der Waals surface area contributed by atoms with Crippen LogP contribution in [0.4, 0.5) is 0 Å². The van der Waals surface area contributed by atoms with Crippen LogP contribution in [0.3, 0.4) is 0 Å². The summed E-state index contributed by atoms with van der Waals surface area (Å²) in [6, 6.07) is 0. The molecule has 1 rings (SSSR count). The van der Waals surface area contributed by atoms with Crippen LogP contribution < -0.4 is 16.6 Å². The molecule has 0 radical (unpaired) electrons. The molecule has 17 heavy (non-hydrogen) atoms. The van der Waals surface area contributed by atoms with Gasteiger partial charge in [-0.15, -0.1) is 11.3 Å². The van der Waals surface area contributed by atoms with Crippen molar-refractivity contribution in [3.05, 3.63) is 16.6 Å². The lowest BCUT2D eigenvalue weighted by Gasteiger charge is -2.08. The summed E-state index contributed by atoms with van der Waals surface area (Å²) < 4.78 is 4.94. The highest BCUT2D eigenvalue weighted by molar-refractivity contribution is 7.09. The van der Waals surface area contributed by atoms with Gasteiger partial charge >= 0.3 is 0 Å². The first kappa shape index (κ1) is 13.9. The van der Waals surface area contributed by atoms with Crippen LogP contribution in [0.25, 0.3) is 0 Å². The minimum Gasteiger partial charge on any atom is -0.385 e. The van der Waals surface area contributed by atoms with Crippen molar-refractivity contribution in [1.29, 1.82) is 0 Å². The normalized spacial score (nSPS) is 11.5. The lowest BCUT2D eigenvalue weighted by atomic mass is 10.4. The average molecular weight is 257 g/mol. The van der Waals surface area contributed by atoms with Crippen molar-refractivity contribution in [2.75, 3.05) is 26.8 Å². The van der Waals surface area contributed by atoms with E-state index in [9.17, 15) is 0 Å². The number of rotatable bonds is 7. The molecular weight excluding hydrogens is 238 g/mol. The van der Waals surface area contributed by atoms with E-state index in [-0.39, 0.29) is 0 Å². The SMILES string of the molecule is COCCCN=C(NN)NCCc1nccs1. The number of nitrogens with one attached hydrogen (secondary N) is 2. The van der Waals surface area contributed by atoms with Crippen molar-refractivity contribution in [1.82, 2.24) is 15.7 Å². The maximum Gasteiger partial charge on any atom is 0.205 e. The zero-order valence-electron chi connectivity index (χ0n) is 9.98. The molecule has 0 atom stereocenters. The second-order valence-corrected chi connectivity index (χ2v) is 4.30. The van der Waals surface area contributed by atoms with Crippen molar-refractivity contribution < 1.29 is 4.74 Å². The van der Waals surface area contributed by atoms with Gasteiger partial charge in [-0.3, -0.25) is 10.4 Å². The molecule has 1 aromatic heterocycles. The molecule has 6 nitrogen and oxygen atoms in total. The summed E-state index contributed by atoms with van der Waals surface area (Å²) in [5.74, 6) is 5.97. The highest BCUT2D eigenvalue weighted by Crippen LogP contribution is 2.03. The van der Waals surface area contributed by atoms with Crippen molar-refractivity contribution in [3.8, 4) is 0 Å². The maximum atomic E-state index is 5.36. The van der Waals surface area contributed by atoms with E-state index in [1.165, 1.54) is 0 Å². The van der Waals surface area contributed by atoms with Crippen molar-refractivity contribution in [2.45, 2.75) is 12.8 Å². The maximum absolute atomic E-state index is 5.36. The molecule has 0 saturated heterocycles. The van der Waals surface area contributed by atoms with Gasteiger partial charge in [-0.1, -0.05) is 0 Å². The number of aliphatic imine (C=N–C) groups is 1. The minimum absolute atomic E-state index is 0.609. The van der Waals surface area contributed by atoms with Crippen LogP contribution >= 0.6 is 11.3 Å². The Balaban J connectivity index is 2.17. The van der Waals surface area contributed by atoms with Gasteiger partial charge in [0.1, 0.15) is 0 Å². The van der Waals surface area contributed by atoms with E-state index in [0.717, 1.165) is 24.4 Å². The molecule has 0 amide bonds. The molecule has 0 aliphatic rings. The number of guanidine groups is 1. The number of aromatic nitrogens is 1. The number of hydrazine groups is 1. The van der Waals surface area contributed by atoms with Gasteiger partial charge in [0.2, 0.25) is 5.96 Å². The molecule has 0 unspecified atom stereocenters. The number of methoxy groups -OCH3 is 1. The Labute approximate surface area is 105 Å². The lowest BCUT2D eigenvalue weighted by Crippen LogP contribution is -2.42. The van der Waals surface area contributed by atoms with Gasteiger partial charge in [0.25, 0.3) is 0 Å². The number of nitrogens with zero attached hydrogens (tertiary/aromatic N) is 2. The van der Waals surface area contributed by atoms with Crippen molar-refractivity contribution in [3.63, 3.8) is 0 Å². The predicted octanol–water partition coefficient (Wildman–Crippen LogP) is 0.131. The molecular formula is C10H19N5OS. The van der Waals surface area contributed by atoms with Crippen LogP contribution in [0.1, 0.15) is 11.4 Å². The standard InChI is InChI=1S/C10H19N5OS/c1-16-7-2-4-13-10(15-11)14-5-3-9-12-6-8-17-9/h6,8H,2-5,7,11H2,1H3,(H2,13,14,15). The first-order chi connectivity index (χ1) is 8.36. The Morgan fingerprint density at radius 3 is 3.18 bits per heavy atom. The van der Waals surface area contributed by atoms with Gasteiger partial charge in [0, 0.05) is 44.8 Å². The third-order valence-electron chi connectivity index (χ3n) is 2.03. The smallest absolute Gasteiger partial charge is 0.205 e. The third kappa shape index (κ3) is 6.20. The Hall–Kier alpha value is -1.18. The summed E-state index contributed by atoms with van der Waals surface area (Å²) in [5.41, 5.74) is 2.54. The molecule has 1 heterocycles. The van der Waals surface area contributed by atoms with Crippen LogP contribution in [0.5, 0.6) is 0 Å². The van der Waals surface area contributed by atoms with Gasteiger partial charge in [-0.2, -0.15) is 0 Å². The number of hydrogen-bond donors (Lipinski definition) is 3. The fourth-order valence-corrected chi connectivity index (χ4v) is 1.84. The quantitative estimate of drug-likeness (QED) is 0.213. The largest absolute Gasteiger partial charge is 0.385 e. The van der Waals surface area contributed by atoms with Gasteiger partial charge in [0.15, 0.2) is 0 Å². The first-order valence-corrected chi connectivity index (χ1v) is 6.37. The Bertz CT molecular complexity index is 315. The van der Waals surface area contributed by atoms with Crippen molar-refractivity contribution in [2.24, 2.45) is 10.8 Å². The molecule has 0 spiro atoms. The summed E-state index contributed by atoms with van der Waals surface area (Å²) >= 11 is 1.65. The Kier molecular flexibility index (Phi) is 7.28. The monoisotopic (exact) mass is 257 g/mol. The zero-order valence-corrected chi connectivity index (χ0v) is 10.8. The van der Waals surface area contributed by atoms with E-state index in [1.807, 2.05) is 5.38 Å². The Morgan fingerprint density at radius 1 is 1.65 bits per heavy atom. The fourth-order valence-electron chi connectivity index (χ4n) is 1.22. The molecule has 0 aromatic carbocycles. The number of hydrogen-bond acceptors (Lipinski definition) is 5. The average Bonchev–Trinajstić information content (AvgIpc) is 2.85. The summed E-state index contributed by atoms with van der Waals surface area (Å²) in [7, 11) is 1.68.